The van der Waals surface area contributed by atoms with Crippen LogP contribution in [-0.4, -0.2) is 8.42 Å². The number of sulfonamides is 1. The molecule has 106 valence electrons. The largest absolute Gasteiger partial charge is 0.398 e. The van der Waals surface area contributed by atoms with E-state index >= 15 is 0 Å². The lowest BCUT2D eigenvalue weighted by atomic mass is 10.1. The van der Waals surface area contributed by atoms with Gasteiger partial charge in [0.1, 0.15) is 4.90 Å². The Morgan fingerprint density at radius 1 is 1.20 bits per heavy atom. The van der Waals surface area contributed by atoms with Gasteiger partial charge in [0.25, 0.3) is 0 Å². The summed E-state index contributed by atoms with van der Waals surface area (Å²) < 4.78 is 27.7. The van der Waals surface area contributed by atoms with Gasteiger partial charge in [-0.2, -0.15) is 0 Å². The van der Waals surface area contributed by atoms with E-state index in [9.17, 15) is 8.42 Å². The number of rotatable bonds is 4. The highest BCUT2D eigenvalue weighted by Gasteiger charge is 2.17. The van der Waals surface area contributed by atoms with Gasteiger partial charge in [-0.3, -0.25) is 0 Å². The van der Waals surface area contributed by atoms with Crippen molar-refractivity contribution in [2.75, 3.05) is 5.73 Å². The number of nitrogens with two attached hydrogens (primary N) is 1. The van der Waals surface area contributed by atoms with Crippen LogP contribution < -0.4 is 10.5 Å². The van der Waals surface area contributed by atoms with Crippen molar-refractivity contribution in [1.82, 2.24) is 4.72 Å². The normalized spacial score (nSPS) is 11.5. The molecule has 0 aliphatic rings. The van der Waals surface area contributed by atoms with Gasteiger partial charge in [-0.15, -0.1) is 0 Å². The molecule has 0 heterocycles. The Balaban J connectivity index is 2.19. The van der Waals surface area contributed by atoms with Crippen molar-refractivity contribution in [3.05, 3.63) is 58.1 Å². The summed E-state index contributed by atoms with van der Waals surface area (Å²) in [7, 11) is -3.61. The van der Waals surface area contributed by atoms with E-state index in [2.05, 4.69) is 20.7 Å². The quantitative estimate of drug-likeness (QED) is 0.829. The zero-order valence-electron chi connectivity index (χ0n) is 10.9. The van der Waals surface area contributed by atoms with Crippen molar-refractivity contribution in [2.45, 2.75) is 18.4 Å². The van der Waals surface area contributed by atoms with Gasteiger partial charge in [0.15, 0.2) is 0 Å². The Labute approximate surface area is 127 Å². The van der Waals surface area contributed by atoms with Gasteiger partial charge in [0.2, 0.25) is 10.0 Å². The maximum Gasteiger partial charge on any atom is 0.242 e. The molecular weight excluding hydrogens is 340 g/mol. The summed E-state index contributed by atoms with van der Waals surface area (Å²) in [6, 6.07) is 12.4. The summed E-state index contributed by atoms with van der Waals surface area (Å²) in [4.78, 5) is 0.0911. The lowest BCUT2D eigenvalue weighted by Crippen LogP contribution is -2.24. The van der Waals surface area contributed by atoms with Crippen LogP contribution in [0, 0.1) is 6.92 Å². The Bertz CT molecular complexity index is 730. The van der Waals surface area contributed by atoms with Crippen LogP contribution in [0.25, 0.3) is 0 Å². The standard InChI is InChI=1S/C14H15BrN2O2S/c1-10-3-2-4-11(7-10)9-17-20(18,19)14-6-5-12(15)8-13(14)16/h2-8,17H,9,16H2,1H3. The Hall–Kier alpha value is -1.37. The lowest BCUT2D eigenvalue weighted by molar-refractivity contribution is 0.581. The second-order valence-corrected chi connectivity index (χ2v) is 7.15. The number of anilines is 1. The molecule has 0 radical (unpaired) electrons. The molecule has 0 fully saturated rings. The van der Waals surface area contributed by atoms with E-state index in [1.165, 1.54) is 6.07 Å². The first-order chi connectivity index (χ1) is 9.38. The third kappa shape index (κ3) is 3.59. The van der Waals surface area contributed by atoms with E-state index in [0.29, 0.717) is 0 Å². The number of hydrogen-bond acceptors (Lipinski definition) is 3. The average molecular weight is 355 g/mol. The summed E-state index contributed by atoms with van der Waals surface area (Å²) in [5.41, 5.74) is 7.96. The topological polar surface area (TPSA) is 72.2 Å². The molecule has 0 aromatic heterocycles. The summed E-state index contributed by atoms with van der Waals surface area (Å²) in [6.07, 6.45) is 0. The van der Waals surface area contributed by atoms with E-state index in [1.807, 2.05) is 31.2 Å². The molecule has 6 heteroatoms. The van der Waals surface area contributed by atoms with Crippen molar-refractivity contribution in [3.8, 4) is 0 Å². The number of aryl methyl sites for hydroxylation is 1. The van der Waals surface area contributed by atoms with Gasteiger partial charge in [-0.05, 0) is 30.7 Å². The van der Waals surface area contributed by atoms with Gasteiger partial charge >= 0.3 is 0 Å². The van der Waals surface area contributed by atoms with Gasteiger partial charge in [-0.25, -0.2) is 13.1 Å². The molecule has 0 saturated heterocycles. The molecule has 0 bridgehead atoms. The zero-order chi connectivity index (χ0) is 14.8. The fourth-order valence-electron chi connectivity index (χ4n) is 1.84. The minimum absolute atomic E-state index is 0.0911. The Morgan fingerprint density at radius 3 is 2.60 bits per heavy atom. The molecular formula is C14H15BrN2O2S. The second-order valence-electron chi connectivity index (χ2n) is 4.50. The maximum atomic E-state index is 12.2. The van der Waals surface area contributed by atoms with Gasteiger partial charge in [0.05, 0.1) is 5.69 Å². The van der Waals surface area contributed by atoms with Crippen molar-refractivity contribution in [1.29, 1.82) is 0 Å². The van der Waals surface area contributed by atoms with Crippen molar-refractivity contribution < 1.29 is 8.42 Å². The molecule has 2 aromatic rings. The predicted molar refractivity (Wildman–Crippen MR) is 83.8 cm³/mol. The number of nitrogens with one attached hydrogen (secondary N) is 1. The summed E-state index contributed by atoms with van der Waals surface area (Å²) in [5, 5.41) is 0. The van der Waals surface area contributed by atoms with Crippen LogP contribution in [0.4, 0.5) is 5.69 Å². The van der Waals surface area contributed by atoms with Gasteiger partial charge in [-0.1, -0.05) is 45.8 Å². The summed E-state index contributed by atoms with van der Waals surface area (Å²) in [6.45, 7) is 2.20. The summed E-state index contributed by atoms with van der Waals surface area (Å²) >= 11 is 3.25. The molecule has 3 N–H and O–H groups in total. The van der Waals surface area contributed by atoms with Crippen LogP contribution in [-0.2, 0) is 16.6 Å². The SMILES string of the molecule is Cc1cccc(CNS(=O)(=O)c2ccc(Br)cc2N)c1. The fraction of sp³-hybridized carbons (Fsp3) is 0.143. The van der Waals surface area contributed by atoms with E-state index < -0.39 is 10.0 Å². The molecule has 2 rings (SSSR count). The fourth-order valence-corrected chi connectivity index (χ4v) is 3.35. The van der Waals surface area contributed by atoms with Crippen LogP contribution in [0.3, 0.4) is 0 Å². The third-order valence-electron chi connectivity index (χ3n) is 2.81. The molecule has 0 aliphatic heterocycles. The van der Waals surface area contributed by atoms with Crippen molar-refractivity contribution >= 4 is 31.6 Å². The van der Waals surface area contributed by atoms with E-state index in [1.54, 1.807) is 12.1 Å². The second kappa shape index (κ2) is 5.95. The number of halogens is 1. The van der Waals surface area contributed by atoms with Gasteiger partial charge in [0, 0.05) is 11.0 Å². The molecule has 0 aliphatic carbocycles. The highest BCUT2D eigenvalue weighted by Crippen LogP contribution is 2.22. The zero-order valence-corrected chi connectivity index (χ0v) is 13.3. The monoisotopic (exact) mass is 354 g/mol. The minimum Gasteiger partial charge on any atom is -0.398 e. The molecule has 4 nitrogen and oxygen atoms in total. The van der Waals surface area contributed by atoms with Crippen LogP contribution in [0.15, 0.2) is 51.8 Å². The van der Waals surface area contributed by atoms with E-state index in [0.717, 1.165) is 15.6 Å². The number of hydrogen-bond donors (Lipinski definition) is 2. The highest BCUT2D eigenvalue weighted by molar-refractivity contribution is 9.10. The smallest absolute Gasteiger partial charge is 0.242 e. The number of nitrogen functional groups attached to an aromatic ring is 1. The number of benzene rings is 2. The first-order valence-electron chi connectivity index (χ1n) is 5.99. The Morgan fingerprint density at radius 2 is 1.95 bits per heavy atom. The third-order valence-corrected chi connectivity index (χ3v) is 4.78. The highest BCUT2D eigenvalue weighted by atomic mass is 79.9. The van der Waals surface area contributed by atoms with Crippen molar-refractivity contribution in [2.24, 2.45) is 0 Å². The molecule has 0 amide bonds. The van der Waals surface area contributed by atoms with Crippen LogP contribution in [0.2, 0.25) is 0 Å². The predicted octanol–water partition coefficient (Wildman–Crippen LogP) is 2.82. The first-order valence-corrected chi connectivity index (χ1v) is 8.26. The summed E-state index contributed by atoms with van der Waals surface area (Å²) in [5.74, 6) is 0. The van der Waals surface area contributed by atoms with Crippen LogP contribution >= 0.6 is 15.9 Å². The Kier molecular flexibility index (Phi) is 4.47. The van der Waals surface area contributed by atoms with Crippen LogP contribution in [0.5, 0.6) is 0 Å². The molecule has 20 heavy (non-hydrogen) atoms. The van der Waals surface area contributed by atoms with E-state index in [4.69, 9.17) is 5.73 Å². The molecule has 0 saturated carbocycles. The van der Waals surface area contributed by atoms with Crippen molar-refractivity contribution in [3.63, 3.8) is 0 Å². The lowest BCUT2D eigenvalue weighted by Gasteiger charge is -2.10. The maximum absolute atomic E-state index is 12.2. The minimum atomic E-state index is -3.61. The molecule has 0 spiro atoms. The van der Waals surface area contributed by atoms with Crippen LogP contribution in [0.1, 0.15) is 11.1 Å². The molecule has 0 atom stereocenters. The molecule has 0 unspecified atom stereocenters. The van der Waals surface area contributed by atoms with Gasteiger partial charge < -0.3 is 5.73 Å². The molecule has 2 aromatic carbocycles. The van der Waals surface area contributed by atoms with E-state index in [-0.39, 0.29) is 17.1 Å². The average Bonchev–Trinajstić information content (AvgIpc) is 2.36. The first kappa shape index (κ1) is 15.0.